The van der Waals surface area contributed by atoms with E-state index < -0.39 is 0 Å². The molecule has 0 atom stereocenters. The van der Waals surface area contributed by atoms with Gasteiger partial charge < -0.3 is 4.98 Å². The Kier molecular flexibility index (Phi) is 4.76. The summed E-state index contributed by atoms with van der Waals surface area (Å²) < 4.78 is 1.47. The van der Waals surface area contributed by atoms with Gasteiger partial charge in [-0.1, -0.05) is 37.7 Å². The van der Waals surface area contributed by atoms with E-state index >= 15 is 0 Å². The quantitative estimate of drug-likeness (QED) is 0.743. The van der Waals surface area contributed by atoms with E-state index in [1.165, 1.54) is 0 Å². The molecule has 2 aromatic rings. The maximum atomic E-state index is 5.90. The topological polar surface area (TPSA) is 28.7 Å². The summed E-state index contributed by atoms with van der Waals surface area (Å²) in [7, 11) is 0. The van der Waals surface area contributed by atoms with E-state index in [9.17, 15) is 0 Å². The molecule has 0 fully saturated rings. The molecule has 1 heterocycles. The van der Waals surface area contributed by atoms with Crippen molar-refractivity contribution in [2.24, 2.45) is 5.92 Å². The van der Waals surface area contributed by atoms with Crippen molar-refractivity contribution in [3.63, 3.8) is 0 Å². The second kappa shape index (κ2) is 6.16. The van der Waals surface area contributed by atoms with Gasteiger partial charge in [-0.2, -0.15) is 0 Å². The summed E-state index contributed by atoms with van der Waals surface area (Å²) >= 11 is 14.7. The Labute approximate surface area is 131 Å². The molecule has 0 saturated heterocycles. The summed E-state index contributed by atoms with van der Waals surface area (Å²) in [5.41, 5.74) is 2.06. The molecule has 0 aliphatic carbocycles. The van der Waals surface area contributed by atoms with Crippen molar-refractivity contribution in [3.8, 4) is 11.4 Å². The largest absolute Gasteiger partial charge is 0.342 e. The second-order valence-electron chi connectivity index (χ2n) is 4.79. The number of benzene rings is 1. The molecule has 2 rings (SSSR count). The number of rotatable bonds is 3. The number of H-pyrrole nitrogens is 1. The standard InChI is InChI=1S/C14H14BrClN2S/c1-8(2)7-11-12(15)14(19)18-13(17-11)9-3-5-10(16)6-4-9/h3-6,8H,7H2,1-2H3,(H,17,18,19). The van der Waals surface area contributed by atoms with Crippen molar-refractivity contribution >= 4 is 39.7 Å². The van der Waals surface area contributed by atoms with E-state index in [0.717, 1.165) is 28.0 Å². The van der Waals surface area contributed by atoms with Gasteiger partial charge in [-0.15, -0.1) is 0 Å². The zero-order chi connectivity index (χ0) is 14.0. The first-order chi connectivity index (χ1) is 8.97. The highest BCUT2D eigenvalue weighted by Crippen LogP contribution is 2.24. The fraction of sp³-hybridized carbons (Fsp3) is 0.286. The Hall–Kier alpha value is -0.710. The Balaban J connectivity index is 2.50. The third kappa shape index (κ3) is 3.65. The van der Waals surface area contributed by atoms with Crippen LogP contribution in [0.5, 0.6) is 0 Å². The van der Waals surface area contributed by atoms with Crippen LogP contribution in [0.3, 0.4) is 0 Å². The van der Waals surface area contributed by atoms with Crippen LogP contribution in [0.25, 0.3) is 11.4 Å². The van der Waals surface area contributed by atoms with Crippen molar-refractivity contribution in [2.45, 2.75) is 20.3 Å². The van der Waals surface area contributed by atoms with E-state index in [1.807, 2.05) is 24.3 Å². The Morgan fingerprint density at radius 2 is 1.95 bits per heavy atom. The van der Waals surface area contributed by atoms with Crippen molar-refractivity contribution in [1.82, 2.24) is 9.97 Å². The maximum absolute atomic E-state index is 5.90. The molecule has 1 N–H and O–H groups in total. The molecule has 1 aromatic heterocycles. The maximum Gasteiger partial charge on any atom is 0.144 e. The first-order valence-electron chi connectivity index (χ1n) is 6.02. The van der Waals surface area contributed by atoms with Crippen molar-refractivity contribution in [3.05, 3.63) is 44.1 Å². The van der Waals surface area contributed by atoms with E-state index in [4.69, 9.17) is 23.8 Å². The van der Waals surface area contributed by atoms with Crippen molar-refractivity contribution in [1.29, 1.82) is 0 Å². The Morgan fingerprint density at radius 3 is 2.53 bits per heavy atom. The molecule has 0 aliphatic heterocycles. The summed E-state index contributed by atoms with van der Waals surface area (Å²) in [4.78, 5) is 7.76. The lowest BCUT2D eigenvalue weighted by atomic mass is 10.1. The van der Waals surface area contributed by atoms with Crippen molar-refractivity contribution < 1.29 is 0 Å². The van der Waals surface area contributed by atoms with E-state index in [0.29, 0.717) is 15.6 Å². The molecule has 0 radical (unpaired) electrons. The minimum atomic E-state index is 0.544. The Bertz CT molecular complexity index is 635. The smallest absolute Gasteiger partial charge is 0.144 e. The third-order valence-electron chi connectivity index (χ3n) is 2.67. The van der Waals surface area contributed by atoms with Gasteiger partial charge >= 0.3 is 0 Å². The fourth-order valence-corrected chi connectivity index (χ4v) is 2.49. The summed E-state index contributed by atoms with van der Waals surface area (Å²) in [6.45, 7) is 4.34. The minimum Gasteiger partial charge on any atom is -0.342 e. The molecule has 0 amide bonds. The van der Waals surface area contributed by atoms with Gasteiger partial charge in [0.25, 0.3) is 0 Å². The lowest BCUT2D eigenvalue weighted by Crippen LogP contribution is -2.02. The lowest BCUT2D eigenvalue weighted by molar-refractivity contribution is 0.632. The number of halogens is 2. The number of nitrogens with zero attached hydrogens (tertiary/aromatic N) is 1. The van der Waals surface area contributed by atoms with Crippen molar-refractivity contribution in [2.75, 3.05) is 0 Å². The number of aromatic nitrogens is 2. The monoisotopic (exact) mass is 356 g/mol. The highest BCUT2D eigenvalue weighted by molar-refractivity contribution is 9.10. The molecule has 0 bridgehead atoms. The van der Waals surface area contributed by atoms with Crippen LogP contribution in [0, 0.1) is 10.6 Å². The summed E-state index contributed by atoms with van der Waals surface area (Å²) in [6.07, 6.45) is 0.924. The zero-order valence-corrected chi connectivity index (χ0v) is 13.9. The van der Waals surface area contributed by atoms with Crippen LogP contribution in [0.1, 0.15) is 19.5 Å². The summed E-state index contributed by atoms with van der Waals surface area (Å²) in [6, 6.07) is 7.56. The molecule has 0 unspecified atom stereocenters. The predicted molar refractivity (Wildman–Crippen MR) is 86.1 cm³/mol. The number of hydrogen-bond acceptors (Lipinski definition) is 2. The molecular formula is C14H14BrClN2S. The zero-order valence-electron chi connectivity index (χ0n) is 10.7. The van der Waals surface area contributed by atoms with E-state index in [1.54, 1.807) is 0 Å². The Morgan fingerprint density at radius 1 is 1.32 bits per heavy atom. The SMILES string of the molecule is CC(C)Cc1[nH]c(-c2ccc(Cl)cc2)nc(=S)c1Br. The van der Waals surface area contributed by atoms with Gasteiger partial charge in [-0.05, 0) is 52.5 Å². The molecule has 100 valence electrons. The van der Waals surface area contributed by atoms with Gasteiger partial charge in [0, 0.05) is 16.3 Å². The van der Waals surface area contributed by atoms with Crippen LogP contribution >= 0.6 is 39.7 Å². The van der Waals surface area contributed by atoms with Gasteiger partial charge in [-0.3, -0.25) is 0 Å². The van der Waals surface area contributed by atoms with Crippen LogP contribution in [-0.2, 0) is 6.42 Å². The molecule has 0 saturated carbocycles. The van der Waals surface area contributed by atoms with Gasteiger partial charge in [0.05, 0.1) is 4.47 Å². The fourth-order valence-electron chi connectivity index (χ4n) is 1.80. The first-order valence-corrected chi connectivity index (χ1v) is 7.60. The average molecular weight is 358 g/mol. The molecule has 5 heteroatoms. The first kappa shape index (κ1) is 14.7. The average Bonchev–Trinajstić information content (AvgIpc) is 2.35. The summed E-state index contributed by atoms with van der Waals surface area (Å²) in [5, 5.41) is 0.710. The third-order valence-corrected chi connectivity index (χ3v) is 4.33. The molecule has 1 aromatic carbocycles. The van der Waals surface area contributed by atoms with Gasteiger partial charge in [0.2, 0.25) is 0 Å². The normalized spacial score (nSPS) is 11.0. The molecular weight excluding hydrogens is 344 g/mol. The predicted octanol–water partition coefficient (Wildman–Crippen LogP) is 5.42. The van der Waals surface area contributed by atoms with E-state index in [2.05, 4.69) is 39.7 Å². The molecule has 19 heavy (non-hydrogen) atoms. The molecule has 0 spiro atoms. The minimum absolute atomic E-state index is 0.544. The second-order valence-corrected chi connectivity index (χ2v) is 6.40. The van der Waals surface area contributed by atoms with Gasteiger partial charge in [0.15, 0.2) is 0 Å². The number of hydrogen-bond donors (Lipinski definition) is 1. The van der Waals surface area contributed by atoms with Crippen LogP contribution in [0.4, 0.5) is 0 Å². The van der Waals surface area contributed by atoms with Crippen LogP contribution < -0.4 is 0 Å². The van der Waals surface area contributed by atoms with Crippen LogP contribution in [0.2, 0.25) is 5.02 Å². The van der Waals surface area contributed by atoms with Gasteiger partial charge in [-0.25, -0.2) is 4.98 Å². The lowest BCUT2D eigenvalue weighted by Gasteiger charge is -2.10. The van der Waals surface area contributed by atoms with E-state index in [-0.39, 0.29) is 0 Å². The van der Waals surface area contributed by atoms with Gasteiger partial charge in [0.1, 0.15) is 10.5 Å². The highest BCUT2D eigenvalue weighted by Gasteiger charge is 2.09. The number of aromatic amines is 1. The number of nitrogens with one attached hydrogen (secondary N) is 1. The summed E-state index contributed by atoms with van der Waals surface area (Å²) in [5.74, 6) is 1.32. The van der Waals surface area contributed by atoms with Crippen LogP contribution in [0.15, 0.2) is 28.7 Å². The molecule has 2 nitrogen and oxygen atoms in total. The molecule has 0 aliphatic rings. The highest BCUT2D eigenvalue weighted by atomic mass is 79.9. The van der Waals surface area contributed by atoms with Crippen LogP contribution in [-0.4, -0.2) is 9.97 Å².